The van der Waals surface area contributed by atoms with Crippen molar-refractivity contribution in [1.82, 2.24) is 4.98 Å². The van der Waals surface area contributed by atoms with Crippen molar-refractivity contribution in [2.75, 3.05) is 5.32 Å². The summed E-state index contributed by atoms with van der Waals surface area (Å²) in [5.74, 6) is 0.119. The number of aromatic nitrogens is 1. The number of anilines is 1. The molecule has 0 unspecified atom stereocenters. The van der Waals surface area contributed by atoms with E-state index in [1.807, 2.05) is 36.6 Å². The highest BCUT2D eigenvalue weighted by Crippen LogP contribution is 2.33. The standard InChI is InChI=1S/C20H15FN2O2S2/c1-12-10-26-20(22-12)27-11-16-15-4-2-3-5-17(15)25-18(16)19(24)23-14-8-6-13(21)7-9-14/h2-10H,11H2,1H3,(H,23,24). The molecule has 2 aromatic carbocycles. The summed E-state index contributed by atoms with van der Waals surface area (Å²) in [6, 6.07) is 13.2. The van der Waals surface area contributed by atoms with Gasteiger partial charge in [-0.15, -0.1) is 11.3 Å². The molecule has 136 valence electrons. The summed E-state index contributed by atoms with van der Waals surface area (Å²) in [5.41, 5.74) is 2.97. The largest absolute Gasteiger partial charge is 0.451 e. The molecular weight excluding hydrogens is 383 g/mol. The number of halogens is 1. The van der Waals surface area contributed by atoms with Gasteiger partial charge in [-0.2, -0.15) is 0 Å². The molecule has 0 saturated heterocycles. The molecule has 0 atom stereocenters. The van der Waals surface area contributed by atoms with E-state index in [4.69, 9.17) is 4.42 Å². The predicted octanol–water partition coefficient (Wildman–Crippen LogP) is 5.88. The van der Waals surface area contributed by atoms with Crippen LogP contribution in [-0.2, 0) is 5.75 Å². The van der Waals surface area contributed by atoms with Gasteiger partial charge in [0.25, 0.3) is 5.91 Å². The van der Waals surface area contributed by atoms with Crippen molar-refractivity contribution in [1.29, 1.82) is 0 Å². The quantitative estimate of drug-likeness (QED) is 0.427. The van der Waals surface area contributed by atoms with Crippen LogP contribution < -0.4 is 5.32 Å². The number of nitrogens with one attached hydrogen (secondary N) is 1. The normalized spacial score (nSPS) is 11.0. The molecule has 27 heavy (non-hydrogen) atoms. The van der Waals surface area contributed by atoms with E-state index in [-0.39, 0.29) is 17.5 Å². The number of thiazole rings is 1. The van der Waals surface area contributed by atoms with Crippen molar-refractivity contribution in [3.8, 4) is 0 Å². The van der Waals surface area contributed by atoms with Crippen molar-refractivity contribution < 1.29 is 13.6 Å². The zero-order valence-corrected chi connectivity index (χ0v) is 16.0. The smallest absolute Gasteiger partial charge is 0.291 e. The molecule has 0 aliphatic carbocycles. The molecule has 0 aliphatic heterocycles. The van der Waals surface area contributed by atoms with E-state index in [2.05, 4.69) is 10.3 Å². The first kappa shape index (κ1) is 17.8. The van der Waals surface area contributed by atoms with Crippen LogP contribution in [0.1, 0.15) is 21.8 Å². The van der Waals surface area contributed by atoms with Crippen LogP contribution in [0.2, 0.25) is 0 Å². The highest BCUT2D eigenvalue weighted by Gasteiger charge is 2.21. The Balaban J connectivity index is 1.64. The number of benzene rings is 2. The van der Waals surface area contributed by atoms with Crippen molar-refractivity contribution in [2.24, 2.45) is 0 Å². The van der Waals surface area contributed by atoms with Gasteiger partial charge in [-0.25, -0.2) is 9.37 Å². The van der Waals surface area contributed by atoms with Crippen LogP contribution in [0.3, 0.4) is 0 Å². The first-order valence-electron chi connectivity index (χ1n) is 8.22. The number of hydrogen-bond acceptors (Lipinski definition) is 5. The Bertz CT molecular complexity index is 1100. The summed E-state index contributed by atoms with van der Waals surface area (Å²) in [6.07, 6.45) is 0. The van der Waals surface area contributed by atoms with Crippen molar-refractivity contribution in [3.05, 3.63) is 76.7 Å². The minimum Gasteiger partial charge on any atom is -0.451 e. The van der Waals surface area contributed by atoms with Gasteiger partial charge in [0.1, 0.15) is 15.7 Å². The van der Waals surface area contributed by atoms with Gasteiger partial charge in [0, 0.05) is 33.5 Å². The third kappa shape index (κ3) is 3.89. The Labute approximate surface area is 163 Å². The van der Waals surface area contributed by atoms with Crippen LogP contribution in [0.15, 0.2) is 62.7 Å². The number of carbonyl (C=O) groups is 1. The molecule has 4 rings (SSSR count). The number of furan rings is 1. The van der Waals surface area contributed by atoms with E-state index in [1.165, 1.54) is 24.3 Å². The Morgan fingerprint density at radius 2 is 2.00 bits per heavy atom. The second-order valence-corrected chi connectivity index (χ2v) is 7.99. The monoisotopic (exact) mass is 398 g/mol. The highest BCUT2D eigenvalue weighted by molar-refractivity contribution is 8.00. The van der Waals surface area contributed by atoms with Gasteiger partial charge in [-0.3, -0.25) is 4.79 Å². The number of para-hydroxylation sites is 1. The average Bonchev–Trinajstić information content (AvgIpc) is 3.25. The molecule has 4 aromatic rings. The fourth-order valence-electron chi connectivity index (χ4n) is 2.68. The number of carbonyl (C=O) groups excluding carboxylic acids is 1. The van der Waals surface area contributed by atoms with Gasteiger partial charge in [0.05, 0.1) is 0 Å². The number of thioether (sulfide) groups is 1. The highest BCUT2D eigenvalue weighted by atomic mass is 32.2. The fourth-order valence-corrected chi connectivity index (χ4v) is 4.56. The van der Waals surface area contributed by atoms with Gasteiger partial charge < -0.3 is 9.73 Å². The molecule has 7 heteroatoms. The Hall–Kier alpha value is -2.64. The number of fused-ring (bicyclic) bond motifs is 1. The molecule has 2 aromatic heterocycles. The fraction of sp³-hybridized carbons (Fsp3) is 0.100. The lowest BCUT2D eigenvalue weighted by Crippen LogP contribution is -2.12. The molecule has 2 heterocycles. The third-order valence-electron chi connectivity index (χ3n) is 3.94. The minimum absolute atomic E-state index is 0.265. The summed E-state index contributed by atoms with van der Waals surface area (Å²) >= 11 is 3.15. The van der Waals surface area contributed by atoms with Gasteiger partial charge in [-0.1, -0.05) is 30.0 Å². The van der Waals surface area contributed by atoms with Gasteiger partial charge in [0.15, 0.2) is 5.76 Å². The van der Waals surface area contributed by atoms with Crippen LogP contribution in [0, 0.1) is 12.7 Å². The molecule has 0 bridgehead atoms. The van der Waals surface area contributed by atoms with E-state index in [9.17, 15) is 9.18 Å². The lowest BCUT2D eigenvalue weighted by atomic mass is 10.1. The second kappa shape index (κ2) is 7.54. The zero-order valence-electron chi connectivity index (χ0n) is 14.4. The molecule has 0 spiro atoms. The van der Waals surface area contributed by atoms with E-state index >= 15 is 0 Å². The van der Waals surface area contributed by atoms with Crippen LogP contribution in [0.5, 0.6) is 0 Å². The Kier molecular flexibility index (Phi) is 4.96. The summed E-state index contributed by atoms with van der Waals surface area (Å²) < 4.78 is 19.9. The second-order valence-electron chi connectivity index (χ2n) is 5.91. The van der Waals surface area contributed by atoms with Gasteiger partial charge in [-0.05, 0) is 37.3 Å². The Morgan fingerprint density at radius 3 is 2.74 bits per heavy atom. The number of rotatable bonds is 5. The summed E-state index contributed by atoms with van der Waals surface area (Å²) in [5, 5.41) is 5.67. The van der Waals surface area contributed by atoms with Crippen molar-refractivity contribution in [3.63, 3.8) is 0 Å². The number of hydrogen-bond donors (Lipinski definition) is 1. The molecule has 4 nitrogen and oxygen atoms in total. The van der Waals surface area contributed by atoms with E-state index < -0.39 is 0 Å². The molecule has 0 radical (unpaired) electrons. The molecule has 1 amide bonds. The first-order valence-corrected chi connectivity index (χ1v) is 10.1. The molecular formula is C20H15FN2O2S2. The van der Waals surface area contributed by atoms with E-state index in [0.29, 0.717) is 17.0 Å². The summed E-state index contributed by atoms with van der Waals surface area (Å²) in [7, 11) is 0. The maximum absolute atomic E-state index is 13.1. The maximum atomic E-state index is 13.1. The van der Waals surface area contributed by atoms with Gasteiger partial charge >= 0.3 is 0 Å². The average molecular weight is 398 g/mol. The maximum Gasteiger partial charge on any atom is 0.291 e. The number of aryl methyl sites for hydroxylation is 1. The molecule has 0 saturated carbocycles. The van der Waals surface area contributed by atoms with Crippen LogP contribution in [0.4, 0.5) is 10.1 Å². The summed E-state index contributed by atoms with van der Waals surface area (Å²) in [6.45, 7) is 1.95. The van der Waals surface area contributed by atoms with Crippen LogP contribution in [-0.4, -0.2) is 10.9 Å². The SMILES string of the molecule is Cc1csc(SCc2c(C(=O)Nc3ccc(F)cc3)oc3ccccc23)n1. The Morgan fingerprint density at radius 1 is 1.22 bits per heavy atom. The topological polar surface area (TPSA) is 55.1 Å². The van der Waals surface area contributed by atoms with E-state index in [0.717, 1.165) is 21.0 Å². The lowest BCUT2D eigenvalue weighted by Gasteiger charge is -2.05. The first-order chi connectivity index (χ1) is 13.1. The third-order valence-corrected chi connectivity index (χ3v) is 6.11. The van der Waals surface area contributed by atoms with E-state index in [1.54, 1.807) is 23.1 Å². The number of amides is 1. The molecule has 0 aliphatic rings. The van der Waals surface area contributed by atoms with Crippen molar-refractivity contribution >= 4 is 45.7 Å². The minimum atomic E-state index is -0.358. The molecule has 0 fully saturated rings. The molecule has 1 N–H and O–H groups in total. The van der Waals surface area contributed by atoms with Gasteiger partial charge in [0.2, 0.25) is 0 Å². The van der Waals surface area contributed by atoms with Crippen LogP contribution >= 0.6 is 23.1 Å². The predicted molar refractivity (Wildman–Crippen MR) is 107 cm³/mol. The van der Waals surface area contributed by atoms with Crippen molar-refractivity contribution in [2.45, 2.75) is 17.0 Å². The lowest BCUT2D eigenvalue weighted by molar-refractivity contribution is 0.0998. The zero-order chi connectivity index (χ0) is 18.8. The summed E-state index contributed by atoms with van der Waals surface area (Å²) in [4.78, 5) is 17.2. The number of nitrogens with zero attached hydrogens (tertiary/aromatic N) is 1. The van der Waals surface area contributed by atoms with Crippen LogP contribution in [0.25, 0.3) is 11.0 Å².